The van der Waals surface area contributed by atoms with Crippen molar-refractivity contribution in [3.05, 3.63) is 42.0 Å². The van der Waals surface area contributed by atoms with Gasteiger partial charge in [-0.15, -0.1) is 0 Å². The zero-order valence-corrected chi connectivity index (χ0v) is 14.3. The summed E-state index contributed by atoms with van der Waals surface area (Å²) in [6.07, 6.45) is 4.35. The zero-order chi connectivity index (χ0) is 16.2. The van der Waals surface area contributed by atoms with E-state index in [1.807, 2.05) is 6.08 Å². The van der Waals surface area contributed by atoms with Crippen LogP contribution in [-0.2, 0) is 6.54 Å². The fourth-order valence-electron chi connectivity index (χ4n) is 2.94. The highest BCUT2D eigenvalue weighted by Crippen LogP contribution is 2.13. The van der Waals surface area contributed by atoms with Gasteiger partial charge in [-0.3, -0.25) is 4.90 Å². The minimum atomic E-state index is 1.01. The molecule has 1 aromatic carbocycles. The van der Waals surface area contributed by atoms with Gasteiger partial charge in [-0.25, -0.2) is 0 Å². The van der Waals surface area contributed by atoms with Crippen LogP contribution in [0.3, 0.4) is 0 Å². The molecule has 0 radical (unpaired) electrons. The Morgan fingerprint density at radius 3 is 2.35 bits per heavy atom. The molecule has 0 amide bonds. The third kappa shape index (κ3) is 7.27. The molecule has 1 aromatic rings. The normalized spacial score (nSPS) is 19.8. The van der Waals surface area contributed by atoms with Gasteiger partial charge in [0.2, 0.25) is 0 Å². The van der Waals surface area contributed by atoms with Crippen molar-refractivity contribution in [1.82, 2.24) is 20.9 Å². The van der Waals surface area contributed by atoms with E-state index in [0.717, 1.165) is 58.9 Å². The van der Waals surface area contributed by atoms with Crippen LogP contribution >= 0.6 is 0 Å². The fourth-order valence-corrected chi connectivity index (χ4v) is 2.94. The molecule has 4 heteroatoms. The lowest BCUT2D eigenvalue weighted by Crippen LogP contribution is -2.36. The average molecular weight is 316 g/mol. The van der Waals surface area contributed by atoms with Crippen LogP contribution in [0.25, 0.3) is 6.08 Å². The molecule has 1 aliphatic rings. The summed E-state index contributed by atoms with van der Waals surface area (Å²) in [7, 11) is 0. The Labute approximate surface area is 141 Å². The predicted octanol–water partition coefficient (Wildman–Crippen LogP) is 1.69. The molecule has 1 heterocycles. The zero-order valence-electron chi connectivity index (χ0n) is 14.3. The Bertz CT molecular complexity index is 433. The van der Waals surface area contributed by atoms with E-state index >= 15 is 0 Å². The van der Waals surface area contributed by atoms with Crippen LogP contribution in [0.4, 0.5) is 0 Å². The van der Waals surface area contributed by atoms with Crippen molar-refractivity contribution in [2.75, 3.05) is 52.4 Å². The summed E-state index contributed by atoms with van der Waals surface area (Å²) in [5.74, 6) is 0. The lowest BCUT2D eigenvalue weighted by atomic mass is 10.1. The molecule has 0 saturated carbocycles. The van der Waals surface area contributed by atoms with Crippen molar-refractivity contribution >= 4 is 6.08 Å². The van der Waals surface area contributed by atoms with Crippen LogP contribution in [0, 0.1) is 0 Å². The van der Waals surface area contributed by atoms with Crippen LogP contribution in [0.1, 0.15) is 24.0 Å². The number of nitrogens with one attached hydrogen (secondary N) is 3. The van der Waals surface area contributed by atoms with E-state index in [9.17, 15) is 0 Å². The van der Waals surface area contributed by atoms with Crippen molar-refractivity contribution in [2.45, 2.75) is 19.4 Å². The molecule has 1 saturated heterocycles. The fraction of sp³-hybridized carbons (Fsp3) is 0.579. The summed E-state index contributed by atoms with van der Waals surface area (Å²) < 4.78 is 0. The minimum absolute atomic E-state index is 1.01. The molecule has 0 aliphatic carbocycles. The third-order valence-electron chi connectivity index (χ3n) is 4.29. The summed E-state index contributed by atoms with van der Waals surface area (Å²) in [6.45, 7) is 13.7. The van der Waals surface area contributed by atoms with E-state index in [4.69, 9.17) is 0 Å². The molecular formula is C19H32N4. The molecule has 23 heavy (non-hydrogen) atoms. The SMILES string of the molecule is C=Cc1ccccc1CN1CCCNCCNCCCNCC1. The number of nitrogens with zero attached hydrogens (tertiary/aromatic N) is 1. The Hall–Kier alpha value is -1.20. The summed E-state index contributed by atoms with van der Waals surface area (Å²) >= 11 is 0. The standard InChI is InChI=1S/C19H32N4/c1-2-18-7-3-4-8-19(18)17-23-15-6-11-21-13-12-20-9-5-10-22-14-16-23/h2-4,7-8,20-22H,1,5-6,9-17H2. The molecule has 0 aromatic heterocycles. The van der Waals surface area contributed by atoms with E-state index in [1.54, 1.807) is 0 Å². The Kier molecular flexibility index (Phi) is 8.96. The Morgan fingerprint density at radius 2 is 1.57 bits per heavy atom. The van der Waals surface area contributed by atoms with E-state index in [1.165, 1.54) is 24.0 Å². The van der Waals surface area contributed by atoms with Crippen LogP contribution in [0.15, 0.2) is 30.8 Å². The molecule has 0 atom stereocenters. The van der Waals surface area contributed by atoms with Gasteiger partial charge in [-0.05, 0) is 50.1 Å². The first kappa shape index (κ1) is 18.1. The Balaban J connectivity index is 1.88. The van der Waals surface area contributed by atoms with E-state index < -0.39 is 0 Å². The van der Waals surface area contributed by atoms with Crippen molar-refractivity contribution in [1.29, 1.82) is 0 Å². The lowest BCUT2D eigenvalue weighted by Gasteiger charge is -2.24. The van der Waals surface area contributed by atoms with Crippen molar-refractivity contribution in [2.24, 2.45) is 0 Å². The minimum Gasteiger partial charge on any atom is -0.315 e. The molecule has 0 bridgehead atoms. The van der Waals surface area contributed by atoms with Crippen molar-refractivity contribution in [3.8, 4) is 0 Å². The summed E-state index contributed by atoms with van der Waals surface area (Å²) in [6, 6.07) is 8.58. The van der Waals surface area contributed by atoms with Gasteiger partial charge >= 0.3 is 0 Å². The second-order valence-corrected chi connectivity index (χ2v) is 6.14. The maximum atomic E-state index is 3.94. The third-order valence-corrected chi connectivity index (χ3v) is 4.29. The molecule has 2 rings (SSSR count). The smallest absolute Gasteiger partial charge is 0.0240 e. The highest BCUT2D eigenvalue weighted by molar-refractivity contribution is 5.51. The van der Waals surface area contributed by atoms with Gasteiger partial charge in [-0.1, -0.05) is 36.9 Å². The van der Waals surface area contributed by atoms with E-state index in [-0.39, 0.29) is 0 Å². The highest BCUT2D eigenvalue weighted by Gasteiger charge is 2.08. The van der Waals surface area contributed by atoms with E-state index in [2.05, 4.69) is 51.7 Å². The van der Waals surface area contributed by atoms with Crippen LogP contribution in [0.5, 0.6) is 0 Å². The van der Waals surface area contributed by atoms with Gasteiger partial charge in [0.25, 0.3) is 0 Å². The molecule has 0 unspecified atom stereocenters. The predicted molar refractivity (Wildman–Crippen MR) is 99.7 cm³/mol. The topological polar surface area (TPSA) is 39.3 Å². The summed E-state index contributed by atoms with van der Waals surface area (Å²) in [5, 5.41) is 10.6. The van der Waals surface area contributed by atoms with Crippen LogP contribution < -0.4 is 16.0 Å². The highest BCUT2D eigenvalue weighted by atomic mass is 15.1. The molecule has 128 valence electrons. The van der Waals surface area contributed by atoms with E-state index in [0.29, 0.717) is 0 Å². The van der Waals surface area contributed by atoms with Crippen molar-refractivity contribution < 1.29 is 0 Å². The summed E-state index contributed by atoms with van der Waals surface area (Å²) in [4.78, 5) is 2.56. The second kappa shape index (κ2) is 11.4. The molecule has 0 spiro atoms. The summed E-state index contributed by atoms with van der Waals surface area (Å²) in [5.41, 5.74) is 2.63. The van der Waals surface area contributed by atoms with Crippen LogP contribution in [0.2, 0.25) is 0 Å². The van der Waals surface area contributed by atoms with Gasteiger partial charge in [0, 0.05) is 32.7 Å². The maximum Gasteiger partial charge on any atom is 0.0240 e. The first-order valence-electron chi connectivity index (χ1n) is 8.95. The molecule has 1 aliphatic heterocycles. The van der Waals surface area contributed by atoms with Gasteiger partial charge < -0.3 is 16.0 Å². The van der Waals surface area contributed by atoms with Gasteiger partial charge in [0.15, 0.2) is 0 Å². The largest absolute Gasteiger partial charge is 0.315 e. The molecule has 4 nitrogen and oxygen atoms in total. The van der Waals surface area contributed by atoms with Crippen LogP contribution in [-0.4, -0.2) is 57.3 Å². The average Bonchev–Trinajstić information content (AvgIpc) is 2.58. The Morgan fingerprint density at radius 1 is 0.870 bits per heavy atom. The van der Waals surface area contributed by atoms with Crippen molar-refractivity contribution in [3.63, 3.8) is 0 Å². The molecule has 1 fully saturated rings. The quantitative estimate of drug-likeness (QED) is 0.794. The molecule has 3 N–H and O–H groups in total. The lowest BCUT2D eigenvalue weighted by molar-refractivity contribution is 0.260. The molecular weight excluding hydrogens is 284 g/mol. The number of rotatable bonds is 3. The number of benzene rings is 1. The van der Waals surface area contributed by atoms with Gasteiger partial charge in [0.05, 0.1) is 0 Å². The second-order valence-electron chi connectivity index (χ2n) is 6.14. The van der Waals surface area contributed by atoms with Gasteiger partial charge in [-0.2, -0.15) is 0 Å². The number of hydrogen-bond donors (Lipinski definition) is 3. The monoisotopic (exact) mass is 316 g/mol. The van der Waals surface area contributed by atoms with Gasteiger partial charge in [0.1, 0.15) is 0 Å². The first-order valence-corrected chi connectivity index (χ1v) is 8.95. The maximum absolute atomic E-state index is 3.94. The first-order chi connectivity index (χ1) is 11.4. The number of hydrogen-bond acceptors (Lipinski definition) is 4.